The topological polar surface area (TPSA) is 21.3 Å². The van der Waals surface area contributed by atoms with Crippen LogP contribution in [-0.2, 0) is 6.54 Å². The molecular weight excluding hydrogens is 258 g/mol. The van der Waals surface area contributed by atoms with Gasteiger partial charge in [-0.1, -0.05) is 39.3 Å². The Labute approximate surface area is 130 Å². The van der Waals surface area contributed by atoms with Crippen molar-refractivity contribution in [2.24, 2.45) is 11.3 Å². The predicted octanol–water partition coefficient (Wildman–Crippen LogP) is 4.78. The number of hydrogen-bond acceptors (Lipinski definition) is 2. The van der Waals surface area contributed by atoms with Gasteiger partial charge in [0.2, 0.25) is 0 Å². The van der Waals surface area contributed by atoms with Gasteiger partial charge in [-0.15, -0.1) is 0 Å². The van der Waals surface area contributed by atoms with Crippen LogP contribution in [0.4, 0.5) is 0 Å². The van der Waals surface area contributed by atoms with Gasteiger partial charge in [-0.05, 0) is 54.7 Å². The second-order valence-electron chi connectivity index (χ2n) is 7.50. The summed E-state index contributed by atoms with van der Waals surface area (Å²) in [5, 5.41) is 3.75. The Bertz CT molecular complexity index is 418. The molecule has 1 N–H and O–H groups in total. The van der Waals surface area contributed by atoms with Crippen molar-refractivity contribution in [1.82, 2.24) is 5.32 Å². The zero-order valence-corrected chi connectivity index (χ0v) is 14.1. The van der Waals surface area contributed by atoms with E-state index >= 15 is 0 Å². The van der Waals surface area contributed by atoms with Crippen molar-refractivity contribution in [3.05, 3.63) is 29.8 Å². The molecule has 0 saturated heterocycles. The first kappa shape index (κ1) is 16.4. The number of benzene rings is 1. The zero-order chi connectivity index (χ0) is 15.3. The number of ether oxygens (including phenoxy) is 1. The SMILES string of the molecule is COc1ccc(CNC2CCCC(C(C)(C)C)CC2)cc1. The van der Waals surface area contributed by atoms with Crippen molar-refractivity contribution >= 4 is 0 Å². The molecule has 1 aromatic rings. The van der Waals surface area contributed by atoms with Gasteiger partial charge in [0.1, 0.15) is 5.75 Å². The quantitative estimate of drug-likeness (QED) is 0.805. The average Bonchev–Trinajstić information content (AvgIpc) is 2.71. The van der Waals surface area contributed by atoms with Crippen LogP contribution in [0.25, 0.3) is 0 Å². The van der Waals surface area contributed by atoms with E-state index in [-0.39, 0.29) is 0 Å². The van der Waals surface area contributed by atoms with Crippen LogP contribution in [0.5, 0.6) is 5.75 Å². The van der Waals surface area contributed by atoms with Crippen molar-refractivity contribution in [3.8, 4) is 5.75 Å². The van der Waals surface area contributed by atoms with E-state index in [4.69, 9.17) is 4.74 Å². The van der Waals surface area contributed by atoms with Gasteiger partial charge >= 0.3 is 0 Å². The molecule has 2 nitrogen and oxygen atoms in total. The van der Waals surface area contributed by atoms with Gasteiger partial charge < -0.3 is 10.1 Å². The van der Waals surface area contributed by atoms with Gasteiger partial charge in [-0.25, -0.2) is 0 Å². The van der Waals surface area contributed by atoms with E-state index in [2.05, 4.69) is 38.2 Å². The van der Waals surface area contributed by atoms with Crippen molar-refractivity contribution in [1.29, 1.82) is 0 Å². The van der Waals surface area contributed by atoms with Gasteiger partial charge in [0.15, 0.2) is 0 Å². The van der Waals surface area contributed by atoms with Crippen LogP contribution < -0.4 is 10.1 Å². The van der Waals surface area contributed by atoms with Gasteiger partial charge in [-0.3, -0.25) is 0 Å². The molecular formula is C19H31NO. The summed E-state index contributed by atoms with van der Waals surface area (Å²) in [6.07, 6.45) is 6.76. The van der Waals surface area contributed by atoms with E-state index in [0.29, 0.717) is 11.5 Å². The van der Waals surface area contributed by atoms with Crippen LogP contribution in [0.2, 0.25) is 0 Å². The molecule has 0 aliphatic heterocycles. The lowest BCUT2D eigenvalue weighted by Crippen LogP contribution is -2.28. The number of nitrogens with one attached hydrogen (secondary N) is 1. The summed E-state index contributed by atoms with van der Waals surface area (Å²) >= 11 is 0. The maximum atomic E-state index is 5.20. The molecule has 118 valence electrons. The minimum Gasteiger partial charge on any atom is -0.497 e. The molecule has 0 radical (unpaired) electrons. The lowest BCUT2D eigenvalue weighted by molar-refractivity contribution is 0.213. The Kier molecular flexibility index (Phi) is 5.69. The normalized spacial score (nSPS) is 23.6. The highest BCUT2D eigenvalue weighted by atomic mass is 16.5. The third-order valence-corrected chi connectivity index (χ3v) is 4.95. The average molecular weight is 289 g/mol. The molecule has 0 bridgehead atoms. The zero-order valence-electron chi connectivity index (χ0n) is 14.1. The molecule has 0 amide bonds. The van der Waals surface area contributed by atoms with Gasteiger partial charge in [0, 0.05) is 12.6 Å². The third kappa shape index (κ3) is 5.03. The molecule has 1 fully saturated rings. The largest absolute Gasteiger partial charge is 0.497 e. The van der Waals surface area contributed by atoms with Crippen molar-refractivity contribution in [2.45, 2.75) is 65.5 Å². The molecule has 2 unspecified atom stereocenters. The first-order valence-electron chi connectivity index (χ1n) is 8.35. The Morgan fingerprint density at radius 1 is 1.05 bits per heavy atom. The molecule has 21 heavy (non-hydrogen) atoms. The van der Waals surface area contributed by atoms with Gasteiger partial charge in [-0.2, -0.15) is 0 Å². The number of rotatable bonds is 4. The maximum Gasteiger partial charge on any atom is 0.118 e. The van der Waals surface area contributed by atoms with E-state index in [1.165, 1.54) is 37.7 Å². The first-order valence-corrected chi connectivity index (χ1v) is 8.35. The smallest absolute Gasteiger partial charge is 0.118 e. The minimum absolute atomic E-state index is 0.463. The predicted molar refractivity (Wildman–Crippen MR) is 89.7 cm³/mol. The van der Waals surface area contributed by atoms with E-state index in [0.717, 1.165) is 18.2 Å². The summed E-state index contributed by atoms with van der Waals surface area (Å²) < 4.78 is 5.20. The monoisotopic (exact) mass is 289 g/mol. The van der Waals surface area contributed by atoms with Gasteiger partial charge in [0.05, 0.1) is 7.11 Å². The van der Waals surface area contributed by atoms with Crippen LogP contribution >= 0.6 is 0 Å². The second-order valence-corrected chi connectivity index (χ2v) is 7.50. The summed E-state index contributed by atoms with van der Waals surface area (Å²) in [6.45, 7) is 8.14. The summed E-state index contributed by atoms with van der Waals surface area (Å²) in [7, 11) is 1.71. The Hall–Kier alpha value is -1.02. The van der Waals surface area contributed by atoms with Crippen LogP contribution in [0, 0.1) is 11.3 Å². The Morgan fingerprint density at radius 3 is 2.38 bits per heavy atom. The van der Waals surface area contributed by atoms with Crippen molar-refractivity contribution in [3.63, 3.8) is 0 Å². The number of methoxy groups -OCH3 is 1. The summed E-state index contributed by atoms with van der Waals surface area (Å²) in [5.74, 6) is 1.81. The van der Waals surface area contributed by atoms with Gasteiger partial charge in [0.25, 0.3) is 0 Å². The summed E-state index contributed by atoms with van der Waals surface area (Å²) in [4.78, 5) is 0. The second kappa shape index (κ2) is 7.31. The van der Waals surface area contributed by atoms with E-state index in [9.17, 15) is 0 Å². The van der Waals surface area contributed by atoms with E-state index in [1.807, 2.05) is 12.1 Å². The van der Waals surface area contributed by atoms with Crippen molar-refractivity contribution < 1.29 is 4.74 Å². The van der Waals surface area contributed by atoms with Crippen LogP contribution in [-0.4, -0.2) is 13.2 Å². The Morgan fingerprint density at radius 2 is 1.76 bits per heavy atom. The Balaban J connectivity index is 1.80. The van der Waals surface area contributed by atoms with Crippen LogP contribution in [0.3, 0.4) is 0 Å². The molecule has 0 spiro atoms. The molecule has 0 aromatic heterocycles. The fraction of sp³-hybridized carbons (Fsp3) is 0.684. The lowest BCUT2D eigenvalue weighted by atomic mass is 9.76. The first-order chi connectivity index (χ1) is 9.99. The highest BCUT2D eigenvalue weighted by Gasteiger charge is 2.27. The molecule has 2 atom stereocenters. The highest BCUT2D eigenvalue weighted by molar-refractivity contribution is 5.27. The lowest BCUT2D eigenvalue weighted by Gasteiger charge is -2.29. The molecule has 2 rings (SSSR count). The fourth-order valence-corrected chi connectivity index (χ4v) is 3.38. The van der Waals surface area contributed by atoms with Crippen molar-refractivity contribution in [2.75, 3.05) is 7.11 Å². The van der Waals surface area contributed by atoms with Crippen LogP contribution in [0.15, 0.2) is 24.3 Å². The fourth-order valence-electron chi connectivity index (χ4n) is 3.38. The molecule has 1 aliphatic carbocycles. The third-order valence-electron chi connectivity index (χ3n) is 4.95. The highest BCUT2D eigenvalue weighted by Crippen LogP contribution is 2.36. The maximum absolute atomic E-state index is 5.20. The summed E-state index contributed by atoms with van der Waals surface area (Å²) in [6, 6.07) is 9.07. The molecule has 1 aromatic carbocycles. The molecule has 1 aliphatic rings. The molecule has 1 saturated carbocycles. The van der Waals surface area contributed by atoms with E-state index in [1.54, 1.807) is 7.11 Å². The molecule has 0 heterocycles. The minimum atomic E-state index is 0.463. The van der Waals surface area contributed by atoms with Crippen LogP contribution in [0.1, 0.15) is 58.4 Å². The molecule has 2 heteroatoms. The van der Waals surface area contributed by atoms with E-state index < -0.39 is 0 Å². The standard InChI is InChI=1S/C19H31NO/c1-19(2,3)16-6-5-7-17(11-10-16)20-14-15-8-12-18(21-4)13-9-15/h8-9,12-13,16-17,20H,5-7,10-11,14H2,1-4H3. The summed E-state index contributed by atoms with van der Waals surface area (Å²) in [5.41, 5.74) is 1.80. The number of hydrogen-bond donors (Lipinski definition) is 1.